The maximum absolute atomic E-state index is 5.70. The van der Waals surface area contributed by atoms with E-state index in [1.54, 1.807) is 0 Å². The Hall–Kier alpha value is -0.770. The molecule has 1 heterocycles. The Morgan fingerprint density at radius 3 is 2.77 bits per heavy atom. The molecular formula is C9H15N3S. The molecule has 0 bridgehead atoms. The van der Waals surface area contributed by atoms with Crippen molar-refractivity contribution in [1.29, 1.82) is 0 Å². The average molecular weight is 197 g/mol. The molecular weight excluding hydrogens is 182 g/mol. The number of nitrogens with two attached hydrogens (primary N) is 1. The first-order valence-corrected chi connectivity index (χ1v) is 5.38. The van der Waals surface area contributed by atoms with E-state index in [9.17, 15) is 0 Å². The number of aromatic nitrogens is 1. The number of anilines is 2. The first-order valence-electron chi connectivity index (χ1n) is 4.61. The molecule has 4 heteroatoms. The van der Waals surface area contributed by atoms with Crippen molar-refractivity contribution in [2.75, 3.05) is 24.2 Å². The monoisotopic (exact) mass is 197 g/mol. The van der Waals surface area contributed by atoms with Crippen molar-refractivity contribution in [3.63, 3.8) is 0 Å². The van der Waals surface area contributed by atoms with Gasteiger partial charge in [-0.1, -0.05) is 0 Å². The van der Waals surface area contributed by atoms with E-state index in [4.69, 9.17) is 5.73 Å². The van der Waals surface area contributed by atoms with Crippen LogP contribution in [0, 0.1) is 12.8 Å². The maximum atomic E-state index is 5.70. The van der Waals surface area contributed by atoms with Crippen LogP contribution in [-0.4, -0.2) is 18.0 Å². The number of nitrogens with zero attached hydrogens (tertiary/aromatic N) is 2. The summed E-state index contributed by atoms with van der Waals surface area (Å²) in [4.78, 5) is 2.28. The normalized spacial score (nSPS) is 16.2. The van der Waals surface area contributed by atoms with Crippen LogP contribution in [-0.2, 0) is 0 Å². The summed E-state index contributed by atoms with van der Waals surface area (Å²) in [6.07, 6.45) is 2.77. The molecule has 3 nitrogen and oxygen atoms in total. The maximum Gasteiger partial charge on any atom is 0.142 e. The summed E-state index contributed by atoms with van der Waals surface area (Å²) in [7, 11) is 2.12. The zero-order valence-electron chi connectivity index (χ0n) is 8.08. The van der Waals surface area contributed by atoms with Crippen LogP contribution in [0.3, 0.4) is 0 Å². The molecule has 0 radical (unpaired) electrons. The minimum atomic E-state index is 0.683. The Kier molecular flexibility index (Phi) is 2.15. The molecule has 0 unspecified atom stereocenters. The van der Waals surface area contributed by atoms with Crippen molar-refractivity contribution in [2.24, 2.45) is 5.92 Å². The van der Waals surface area contributed by atoms with Crippen molar-refractivity contribution in [2.45, 2.75) is 19.8 Å². The molecule has 0 aliphatic heterocycles. The van der Waals surface area contributed by atoms with Gasteiger partial charge in [-0.2, -0.15) is 4.37 Å². The van der Waals surface area contributed by atoms with E-state index in [0.29, 0.717) is 5.82 Å². The molecule has 13 heavy (non-hydrogen) atoms. The number of hydrogen-bond acceptors (Lipinski definition) is 4. The summed E-state index contributed by atoms with van der Waals surface area (Å²) in [5.74, 6) is 1.59. The topological polar surface area (TPSA) is 42.1 Å². The smallest absolute Gasteiger partial charge is 0.142 e. The van der Waals surface area contributed by atoms with Gasteiger partial charge in [0.05, 0.1) is 0 Å². The predicted octanol–water partition coefficient (Wildman–Crippen LogP) is 1.88. The van der Waals surface area contributed by atoms with Crippen LogP contribution in [0.2, 0.25) is 0 Å². The molecule has 0 saturated heterocycles. The van der Waals surface area contributed by atoms with Gasteiger partial charge in [-0.05, 0) is 37.2 Å². The lowest BCUT2D eigenvalue weighted by molar-refractivity contribution is 0.791. The molecule has 0 aromatic carbocycles. The second-order valence-corrected chi connectivity index (χ2v) is 4.57. The molecule has 1 saturated carbocycles. The third kappa shape index (κ3) is 1.77. The molecule has 1 aromatic rings. The van der Waals surface area contributed by atoms with Gasteiger partial charge >= 0.3 is 0 Å². The van der Waals surface area contributed by atoms with Crippen molar-refractivity contribution < 1.29 is 0 Å². The van der Waals surface area contributed by atoms with Crippen LogP contribution in [0.15, 0.2) is 0 Å². The van der Waals surface area contributed by atoms with Crippen LogP contribution in [0.5, 0.6) is 0 Å². The molecule has 1 aromatic heterocycles. The standard InChI is InChI=1S/C9H15N3S/c1-6-8(10)11-13-9(6)12(2)5-7-3-4-7/h7H,3-5H2,1-2H3,(H2,10,11). The summed E-state index contributed by atoms with van der Waals surface area (Å²) < 4.78 is 4.14. The van der Waals surface area contributed by atoms with Crippen molar-refractivity contribution in [1.82, 2.24) is 4.37 Å². The third-order valence-corrected chi connectivity index (χ3v) is 3.59. The molecule has 1 aliphatic carbocycles. The molecule has 1 aliphatic rings. The first kappa shape index (κ1) is 8.81. The SMILES string of the molecule is Cc1c(N)nsc1N(C)CC1CC1. The highest BCUT2D eigenvalue weighted by Gasteiger charge is 2.24. The Morgan fingerprint density at radius 2 is 2.31 bits per heavy atom. The zero-order chi connectivity index (χ0) is 9.42. The molecule has 1 fully saturated rings. The minimum absolute atomic E-state index is 0.683. The Balaban J connectivity index is 2.09. The second kappa shape index (κ2) is 3.18. The summed E-state index contributed by atoms with van der Waals surface area (Å²) in [5.41, 5.74) is 6.83. The lowest BCUT2D eigenvalue weighted by Crippen LogP contribution is -2.19. The quantitative estimate of drug-likeness (QED) is 0.804. The fourth-order valence-electron chi connectivity index (χ4n) is 1.47. The molecule has 0 atom stereocenters. The molecule has 2 N–H and O–H groups in total. The summed E-state index contributed by atoms with van der Waals surface area (Å²) >= 11 is 1.50. The fraction of sp³-hybridized carbons (Fsp3) is 0.667. The Morgan fingerprint density at radius 1 is 1.62 bits per heavy atom. The van der Waals surface area contributed by atoms with E-state index in [0.717, 1.165) is 18.0 Å². The lowest BCUT2D eigenvalue weighted by atomic mass is 10.3. The van der Waals surface area contributed by atoms with Gasteiger partial charge in [0.15, 0.2) is 0 Å². The van der Waals surface area contributed by atoms with E-state index in [2.05, 4.69) is 16.3 Å². The highest BCUT2D eigenvalue weighted by Crippen LogP contribution is 2.34. The van der Waals surface area contributed by atoms with Crippen LogP contribution in [0.1, 0.15) is 18.4 Å². The van der Waals surface area contributed by atoms with Crippen molar-refractivity contribution >= 4 is 22.4 Å². The van der Waals surface area contributed by atoms with Gasteiger partial charge in [0.25, 0.3) is 0 Å². The van der Waals surface area contributed by atoms with E-state index in [1.807, 2.05) is 6.92 Å². The highest BCUT2D eigenvalue weighted by atomic mass is 32.1. The van der Waals surface area contributed by atoms with E-state index in [1.165, 1.54) is 29.4 Å². The summed E-state index contributed by atoms with van der Waals surface area (Å²) in [5, 5.41) is 1.23. The predicted molar refractivity (Wildman–Crippen MR) is 57.3 cm³/mol. The second-order valence-electron chi connectivity index (χ2n) is 3.82. The number of rotatable bonds is 3. The van der Waals surface area contributed by atoms with Crippen LogP contribution >= 0.6 is 11.5 Å². The third-order valence-electron chi connectivity index (χ3n) is 2.51. The van der Waals surface area contributed by atoms with Gasteiger partial charge in [0.2, 0.25) is 0 Å². The molecule has 72 valence electrons. The van der Waals surface area contributed by atoms with Crippen LogP contribution in [0.4, 0.5) is 10.8 Å². The molecule has 2 rings (SSSR count). The summed E-state index contributed by atoms with van der Waals surface area (Å²) in [6.45, 7) is 3.19. The van der Waals surface area contributed by atoms with Gasteiger partial charge in [-0.3, -0.25) is 0 Å². The van der Waals surface area contributed by atoms with Gasteiger partial charge in [-0.25, -0.2) is 0 Å². The minimum Gasteiger partial charge on any atom is -0.383 e. The average Bonchev–Trinajstić information content (AvgIpc) is 2.82. The Labute approximate surface area is 82.7 Å². The van der Waals surface area contributed by atoms with Crippen LogP contribution in [0.25, 0.3) is 0 Å². The van der Waals surface area contributed by atoms with Gasteiger partial charge in [0.1, 0.15) is 10.8 Å². The molecule has 0 amide bonds. The largest absolute Gasteiger partial charge is 0.383 e. The first-order chi connectivity index (χ1) is 6.18. The highest BCUT2D eigenvalue weighted by molar-refractivity contribution is 7.10. The zero-order valence-corrected chi connectivity index (χ0v) is 8.90. The Bertz CT molecular complexity index is 304. The van der Waals surface area contributed by atoms with Crippen LogP contribution < -0.4 is 10.6 Å². The van der Waals surface area contributed by atoms with Gasteiger partial charge in [0, 0.05) is 19.2 Å². The van der Waals surface area contributed by atoms with Crippen molar-refractivity contribution in [3.05, 3.63) is 5.56 Å². The number of hydrogen-bond donors (Lipinski definition) is 1. The molecule has 0 spiro atoms. The van der Waals surface area contributed by atoms with Crippen molar-refractivity contribution in [3.8, 4) is 0 Å². The number of nitrogen functional groups attached to an aromatic ring is 1. The van der Waals surface area contributed by atoms with E-state index < -0.39 is 0 Å². The van der Waals surface area contributed by atoms with Gasteiger partial charge in [-0.15, -0.1) is 0 Å². The fourth-order valence-corrected chi connectivity index (χ4v) is 2.24. The lowest BCUT2D eigenvalue weighted by Gasteiger charge is -2.16. The summed E-state index contributed by atoms with van der Waals surface area (Å²) in [6, 6.07) is 0. The van der Waals surface area contributed by atoms with E-state index in [-0.39, 0.29) is 0 Å². The van der Waals surface area contributed by atoms with Gasteiger partial charge < -0.3 is 10.6 Å². The van der Waals surface area contributed by atoms with E-state index >= 15 is 0 Å².